The van der Waals surface area contributed by atoms with E-state index in [9.17, 15) is 14.4 Å². The largest absolute Gasteiger partial charge is 0.481 e. The maximum atomic E-state index is 11.8. The lowest BCUT2D eigenvalue weighted by Crippen LogP contribution is -2.45. The highest BCUT2D eigenvalue weighted by molar-refractivity contribution is 5.83. The van der Waals surface area contributed by atoms with Crippen LogP contribution in [0.15, 0.2) is 0 Å². The van der Waals surface area contributed by atoms with Gasteiger partial charge in [-0.1, -0.05) is 6.92 Å². The fourth-order valence-corrected chi connectivity index (χ4v) is 1.37. The molecule has 0 saturated carbocycles. The molecule has 0 bridgehead atoms. The number of carboxylic acid groups (broad SMARTS) is 1. The summed E-state index contributed by atoms with van der Waals surface area (Å²) in [5.41, 5.74) is 0. The molecule has 0 fully saturated rings. The number of likely N-dealkylation sites (N-methyl/N-ethyl adjacent to an activating group) is 1. The van der Waals surface area contributed by atoms with Crippen LogP contribution in [0.1, 0.15) is 26.2 Å². The van der Waals surface area contributed by atoms with Crippen molar-refractivity contribution in [2.24, 2.45) is 0 Å². The van der Waals surface area contributed by atoms with Gasteiger partial charge in [-0.2, -0.15) is 0 Å². The molecule has 0 aromatic carbocycles. The highest BCUT2D eigenvalue weighted by Gasteiger charge is 2.16. The molecular weight excluding hydrogens is 250 g/mol. The molecule has 19 heavy (non-hydrogen) atoms. The van der Waals surface area contributed by atoms with Gasteiger partial charge in [0.15, 0.2) is 0 Å². The Morgan fingerprint density at radius 2 is 1.84 bits per heavy atom. The minimum Gasteiger partial charge on any atom is -0.481 e. The van der Waals surface area contributed by atoms with E-state index in [1.165, 1.54) is 9.80 Å². The normalized spacial score (nSPS) is 9.84. The quantitative estimate of drug-likeness (QED) is 0.625. The van der Waals surface area contributed by atoms with Crippen molar-refractivity contribution in [3.8, 4) is 0 Å². The Morgan fingerprint density at radius 1 is 1.21 bits per heavy atom. The zero-order valence-corrected chi connectivity index (χ0v) is 11.8. The van der Waals surface area contributed by atoms with Crippen LogP contribution in [0.25, 0.3) is 0 Å². The third kappa shape index (κ3) is 8.01. The number of hydrogen-bond donors (Lipinski definition) is 2. The van der Waals surface area contributed by atoms with E-state index in [2.05, 4.69) is 5.32 Å². The molecule has 0 unspecified atom stereocenters. The van der Waals surface area contributed by atoms with Crippen LogP contribution in [0.2, 0.25) is 0 Å². The van der Waals surface area contributed by atoms with Gasteiger partial charge in [-0.25, -0.2) is 4.79 Å². The molecule has 7 nitrogen and oxygen atoms in total. The summed E-state index contributed by atoms with van der Waals surface area (Å²) in [6, 6.07) is -0.331. The Balaban J connectivity index is 4.17. The lowest BCUT2D eigenvalue weighted by atomic mass is 10.3. The molecule has 0 aliphatic heterocycles. The van der Waals surface area contributed by atoms with E-state index in [1.807, 2.05) is 6.92 Å². The van der Waals surface area contributed by atoms with Gasteiger partial charge < -0.3 is 20.2 Å². The molecule has 0 aromatic heterocycles. The lowest BCUT2D eigenvalue weighted by Gasteiger charge is -2.23. The van der Waals surface area contributed by atoms with E-state index in [0.29, 0.717) is 19.5 Å². The van der Waals surface area contributed by atoms with Crippen LogP contribution in [0.4, 0.5) is 4.79 Å². The van der Waals surface area contributed by atoms with E-state index in [1.54, 1.807) is 14.1 Å². The van der Waals surface area contributed by atoms with Crippen LogP contribution in [0.3, 0.4) is 0 Å². The first-order valence-electron chi connectivity index (χ1n) is 6.33. The number of nitrogens with one attached hydrogen (secondary N) is 1. The van der Waals surface area contributed by atoms with Crippen molar-refractivity contribution >= 4 is 17.9 Å². The Labute approximate surface area is 113 Å². The SMILES string of the molecule is CCCN(CC(=O)N(C)C)C(=O)NCCCC(=O)O. The number of urea groups is 1. The van der Waals surface area contributed by atoms with Crippen LogP contribution in [0.5, 0.6) is 0 Å². The Kier molecular flexibility index (Phi) is 8.32. The Hall–Kier alpha value is -1.79. The average Bonchev–Trinajstić information content (AvgIpc) is 2.33. The second kappa shape index (κ2) is 9.18. The van der Waals surface area contributed by atoms with Crippen LogP contribution >= 0.6 is 0 Å². The van der Waals surface area contributed by atoms with Crippen LogP contribution in [-0.2, 0) is 9.59 Å². The van der Waals surface area contributed by atoms with Crippen molar-refractivity contribution in [2.75, 3.05) is 33.7 Å². The third-order valence-corrected chi connectivity index (χ3v) is 2.45. The van der Waals surface area contributed by atoms with E-state index in [0.717, 1.165) is 6.42 Å². The molecule has 0 saturated heterocycles. The first-order chi connectivity index (χ1) is 8.88. The van der Waals surface area contributed by atoms with Crippen molar-refractivity contribution in [1.82, 2.24) is 15.1 Å². The fraction of sp³-hybridized carbons (Fsp3) is 0.750. The highest BCUT2D eigenvalue weighted by Crippen LogP contribution is 1.96. The van der Waals surface area contributed by atoms with Gasteiger partial charge >= 0.3 is 12.0 Å². The summed E-state index contributed by atoms with van der Waals surface area (Å²) < 4.78 is 0. The molecule has 2 N–H and O–H groups in total. The predicted molar refractivity (Wildman–Crippen MR) is 70.8 cm³/mol. The minimum atomic E-state index is -0.887. The van der Waals surface area contributed by atoms with Gasteiger partial charge in [0.1, 0.15) is 6.54 Å². The number of carboxylic acids is 1. The van der Waals surface area contributed by atoms with Gasteiger partial charge in [-0.15, -0.1) is 0 Å². The number of aliphatic carboxylic acids is 1. The third-order valence-electron chi connectivity index (χ3n) is 2.45. The van der Waals surface area contributed by atoms with Gasteiger partial charge in [0, 0.05) is 33.6 Å². The van der Waals surface area contributed by atoms with Crippen LogP contribution in [-0.4, -0.2) is 66.5 Å². The molecule has 7 heteroatoms. The summed E-state index contributed by atoms with van der Waals surface area (Å²) >= 11 is 0. The van der Waals surface area contributed by atoms with Gasteiger partial charge in [0.2, 0.25) is 5.91 Å². The van der Waals surface area contributed by atoms with Gasteiger partial charge in [-0.3, -0.25) is 9.59 Å². The maximum Gasteiger partial charge on any atom is 0.317 e. The van der Waals surface area contributed by atoms with Crippen molar-refractivity contribution in [2.45, 2.75) is 26.2 Å². The number of amides is 3. The summed E-state index contributed by atoms with van der Waals surface area (Å²) in [4.78, 5) is 36.6. The van der Waals surface area contributed by atoms with Crippen molar-refractivity contribution < 1.29 is 19.5 Å². The smallest absolute Gasteiger partial charge is 0.317 e. The van der Waals surface area contributed by atoms with E-state index < -0.39 is 5.97 Å². The summed E-state index contributed by atoms with van der Waals surface area (Å²) in [6.07, 6.45) is 1.15. The van der Waals surface area contributed by atoms with E-state index in [4.69, 9.17) is 5.11 Å². The standard InChI is InChI=1S/C12H23N3O4/c1-4-8-15(9-10(16)14(2)3)12(19)13-7-5-6-11(17)18/h4-9H2,1-3H3,(H,13,19)(H,17,18). The molecule has 110 valence electrons. The summed E-state index contributed by atoms with van der Waals surface area (Å²) in [5.74, 6) is -1.03. The molecular formula is C12H23N3O4. The summed E-state index contributed by atoms with van der Waals surface area (Å²) in [5, 5.41) is 11.1. The first kappa shape index (κ1) is 17.2. The topological polar surface area (TPSA) is 90.0 Å². The second-order valence-corrected chi connectivity index (χ2v) is 4.44. The fourth-order valence-electron chi connectivity index (χ4n) is 1.37. The molecule has 0 radical (unpaired) electrons. The molecule has 0 spiro atoms. The highest BCUT2D eigenvalue weighted by atomic mass is 16.4. The average molecular weight is 273 g/mol. The van der Waals surface area contributed by atoms with Crippen molar-refractivity contribution in [3.05, 3.63) is 0 Å². The lowest BCUT2D eigenvalue weighted by molar-refractivity contribution is -0.137. The zero-order chi connectivity index (χ0) is 14.8. The molecule has 0 rings (SSSR count). The molecule has 3 amide bonds. The minimum absolute atomic E-state index is 0.0185. The van der Waals surface area contributed by atoms with Crippen LogP contribution in [0, 0.1) is 0 Å². The van der Waals surface area contributed by atoms with Gasteiger partial charge in [0.25, 0.3) is 0 Å². The summed E-state index contributed by atoms with van der Waals surface area (Å²) in [6.45, 7) is 2.74. The second-order valence-electron chi connectivity index (χ2n) is 4.44. The molecule has 0 aromatic rings. The Morgan fingerprint density at radius 3 is 2.32 bits per heavy atom. The molecule has 0 atom stereocenters. The number of carbonyl (C=O) groups excluding carboxylic acids is 2. The number of carbonyl (C=O) groups is 3. The monoisotopic (exact) mass is 273 g/mol. The molecule has 0 heterocycles. The number of hydrogen-bond acceptors (Lipinski definition) is 3. The predicted octanol–water partition coefficient (Wildman–Crippen LogP) is 0.361. The Bertz CT molecular complexity index is 318. The van der Waals surface area contributed by atoms with Crippen molar-refractivity contribution in [3.63, 3.8) is 0 Å². The number of rotatable bonds is 8. The van der Waals surface area contributed by atoms with Gasteiger partial charge in [0.05, 0.1) is 0 Å². The van der Waals surface area contributed by atoms with Crippen LogP contribution < -0.4 is 5.32 Å². The summed E-state index contributed by atoms with van der Waals surface area (Å²) in [7, 11) is 3.27. The van der Waals surface area contributed by atoms with Crippen molar-refractivity contribution in [1.29, 1.82) is 0 Å². The van der Waals surface area contributed by atoms with Gasteiger partial charge in [-0.05, 0) is 12.8 Å². The van der Waals surface area contributed by atoms with E-state index >= 15 is 0 Å². The zero-order valence-electron chi connectivity index (χ0n) is 11.8. The first-order valence-corrected chi connectivity index (χ1v) is 6.33. The van der Waals surface area contributed by atoms with E-state index in [-0.39, 0.29) is 24.9 Å². The number of nitrogens with zero attached hydrogens (tertiary/aromatic N) is 2. The maximum absolute atomic E-state index is 11.8. The molecule has 0 aliphatic carbocycles. The molecule has 0 aliphatic rings.